The summed E-state index contributed by atoms with van der Waals surface area (Å²) in [7, 11) is 1.32. The molecule has 0 bridgehead atoms. The largest absolute Gasteiger partial charge is 0.465 e. The topological polar surface area (TPSA) is 91.0 Å². The number of nitrogens with zero attached hydrogens (tertiary/aromatic N) is 2. The van der Waals surface area contributed by atoms with Crippen LogP contribution in [0.2, 0.25) is 0 Å². The SMILES string of the molecule is COC(=O)c1cccc(NC(=O)N2CCN(c3cccc(NC(C)=O)c3)CC2)c1. The van der Waals surface area contributed by atoms with Crippen molar-refractivity contribution in [1.29, 1.82) is 0 Å². The van der Waals surface area contributed by atoms with E-state index in [1.54, 1.807) is 29.2 Å². The maximum Gasteiger partial charge on any atom is 0.337 e. The van der Waals surface area contributed by atoms with Crippen molar-refractivity contribution in [2.24, 2.45) is 0 Å². The molecule has 0 radical (unpaired) electrons. The number of carbonyl (C=O) groups is 3. The molecule has 29 heavy (non-hydrogen) atoms. The van der Waals surface area contributed by atoms with Crippen LogP contribution in [0, 0.1) is 0 Å². The molecule has 0 unspecified atom stereocenters. The van der Waals surface area contributed by atoms with E-state index in [-0.39, 0.29) is 11.9 Å². The minimum Gasteiger partial charge on any atom is -0.465 e. The number of methoxy groups -OCH3 is 1. The Hall–Kier alpha value is -3.55. The highest BCUT2D eigenvalue weighted by molar-refractivity contribution is 5.94. The van der Waals surface area contributed by atoms with E-state index in [9.17, 15) is 14.4 Å². The van der Waals surface area contributed by atoms with Crippen molar-refractivity contribution >= 4 is 35.0 Å². The van der Waals surface area contributed by atoms with Crippen LogP contribution in [-0.4, -0.2) is 56.1 Å². The molecule has 2 aromatic rings. The molecule has 1 saturated heterocycles. The maximum absolute atomic E-state index is 12.6. The van der Waals surface area contributed by atoms with Gasteiger partial charge in [-0.25, -0.2) is 9.59 Å². The molecule has 8 heteroatoms. The zero-order valence-corrected chi connectivity index (χ0v) is 16.5. The third-order valence-electron chi connectivity index (χ3n) is 4.63. The fourth-order valence-electron chi connectivity index (χ4n) is 3.20. The molecule has 1 fully saturated rings. The Morgan fingerprint density at radius 2 is 1.55 bits per heavy atom. The van der Waals surface area contributed by atoms with Crippen LogP contribution in [0.15, 0.2) is 48.5 Å². The summed E-state index contributed by atoms with van der Waals surface area (Å²) in [6.07, 6.45) is 0. The monoisotopic (exact) mass is 396 g/mol. The summed E-state index contributed by atoms with van der Waals surface area (Å²) in [5, 5.41) is 5.61. The van der Waals surface area contributed by atoms with Crippen molar-refractivity contribution in [3.63, 3.8) is 0 Å². The lowest BCUT2D eigenvalue weighted by Gasteiger charge is -2.36. The number of amides is 3. The number of hydrogen-bond acceptors (Lipinski definition) is 5. The van der Waals surface area contributed by atoms with E-state index in [1.165, 1.54) is 14.0 Å². The summed E-state index contributed by atoms with van der Waals surface area (Å²) < 4.78 is 4.71. The number of piperazine rings is 1. The van der Waals surface area contributed by atoms with Gasteiger partial charge in [0.1, 0.15) is 0 Å². The number of ether oxygens (including phenoxy) is 1. The van der Waals surface area contributed by atoms with Gasteiger partial charge in [-0.1, -0.05) is 12.1 Å². The number of hydrogen-bond donors (Lipinski definition) is 2. The molecule has 152 valence electrons. The van der Waals surface area contributed by atoms with Crippen LogP contribution in [-0.2, 0) is 9.53 Å². The summed E-state index contributed by atoms with van der Waals surface area (Å²) in [6.45, 7) is 3.96. The third kappa shape index (κ3) is 5.25. The number of nitrogens with one attached hydrogen (secondary N) is 2. The second-order valence-corrected chi connectivity index (χ2v) is 6.71. The molecule has 1 aliphatic rings. The van der Waals surface area contributed by atoms with Crippen molar-refractivity contribution in [2.75, 3.05) is 48.8 Å². The van der Waals surface area contributed by atoms with E-state index in [0.29, 0.717) is 37.4 Å². The second-order valence-electron chi connectivity index (χ2n) is 6.71. The summed E-state index contributed by atoms with van der Waals surface area (Å²) in [4.78, 5) is 39.4. The Bertz CT molecular complexity index is 907. The summed E-state index contributed by atoms with van der Waals surface area (Å²) in [6, 6.07) is 14.1. The number of carbonyl (C=O) groups excluding carboxylic acids is 3. The van der Waals surface area contributed by atoms with Crippen LogP contribution < -0.4 is 15.5 Å². The zero-order chi connectivity index (χ0) is 20.8. The number of benzene rings is 2. The predicted molar refractivity (Wildman–Crippen MR) is 111 cm³/mol. The van der Waals surface area contributed by atoms with E-state index in [4.69, 9.17) is 4.74 Å². The van der Waals surface area contributed by atoms with Gasteiger partial charge in [0, 0.05) is 50.2 Å². The van der Waals surface area contributed by atoms with E-state index in [1.807, 2.05) is 24.3 Å². The lowest BCUT2D eigenvalue weighted by Crippen LogP contribution is -2.50. The maximum atomic E-state index is 12.6. The molecule has 0 aliphatic carbocycles. The quantitative estimate of drug-likeness (QED) is 0.776. The van der Waals surface area contributed by atoms with Crippen LogP contribution in [0.4, 0.5) is 21.9 Å². The van der Waals surface area contributed by atoms with Crippen molar-refractivity contribution < 1.29 is 19.1 Å². The molecule has 2 aromatic carbocycles. The van der Waals surface area contributed by atoms with Crippen LogP contribution in [0.25, 0.3) is 0 Å². The fraction of sp³-hybridized carbons (Fsp3) is 0.286. The minimum atomic E-state index is -0.448. The Labute approximate surface area is 169 Å². The molecule has 8 nitrogen and oxygen atoms in total. The lowest BCUT2D eigenvalue weighted by atomic mass is 10.2. The van der Waals surface area contributed by atoms with Gasteiger partial charge in [-0.15, -0.1) is 0 Å². The standard InChI is InChI=1S/C21H24N4O4/c1-15(26)22-18-7-4-8-19(14-18)24-9-11-25(12-10-24)21(28)23-17-6-3-5-16(13-17)20(27)29-2/h3-8,13-14H,9-12H2,1-2H3,(H,22,26)(H,23,28). The molecule has 0 saturated carbocycles. The van der Waals surface area contributed by atoms with Gasteiger partial charge in [-0.3, -0.25) is 4.79 Å². The fourth-order valence-corrected chi connectivity index (χ4v) is 3.20. The van der Waals surface area contributed by atoms with Gasteiger partial charge in [0.25, 0.3) is 0 Å². The highest BCUT2D eigenvalue weighted by Crippen LogP contribution is 2.21. The average molecular weight is 396 g/mol. The first-order valence-electron chi connectivity index (χ1n) is 9.33. The third-order valence-corrected chi connectivity index (χ3v) is 4.63. The second kappa shape index (κ2) is 9.09. The normalized spacial score (nSPS) is 13.6. The predicted octanol–water partition coefficient (Wildman–Crippen LogP) is 2.79. The van der Waals surface area contributed by atoms with Gasteiger partial charge in [-0.05, 0) is 36.4 Å². The van der Waals surface area contributed by atoms with Gasteiger partial charge >= 0.3 is 12.0 Å². The van der Waals surface area contributed by atoms with Gasteiger partial charge < -0.3 is 25.2 Å². The molecule has 0 spiro atoms. The van der Waals surface area contributed by atoms with E-state index >= 15 is 0 Å². The van der Waals surface area contributed by atoms with Crippen LogP contribution in [0.5, 0.6) is 0 Å². The molecule has 1 aliphatic heterocycles. The van der Waals surface area contributed by atoms with E-state index in [2.05, 4.69) is 15.5 Å². The van der Waals surface area contributed by atoms with Crippen LogP contribution in [0.3, 0.4) is 0 Å². The summed E-state index contributed by atoms with van der Waals surface area (Å²) in [5.74, 6) is -0.559. The Morgan fingerprint density at radius 1 is 0.897 bits per heavy atom. The average Bonchev–Trinajstić information content (AvgIpc) is 2.73. The molecule has 3 amide bonds. The van der Waals surface area contributed by atoms with E-state index < -0.39 is 5.97 Å². The number of esters is 1. The molecule has 0 aromatic heterocycles. The summed E-state index contributed by atoms with van der Waals surface area (Å²) >= 11 is 0. The molecule has 2 N–H and O–H groups in total. The van der Waals surface area contributed by atoms with Crippen LogP contribution in [0.1, 0.15) is 17.3 Å². The minimum absolute atomic E-state index is 0.111. The smallest absolute Gasteiger partial charge is 0.337 e. The highest BCUT2D eigenvalue weighted by atomic mass is 16.5. The molecular formula is C21H24N4O4. The zero-order valence-electron chi connectivity index (χ0n) is 16.5. The van der Waals surface area contributed by atoms with E-state index in [0.717, 1.165) is 11.4 Å². The molecule has 0 atom stereocenters. The highest BCUT2D eigenvalue weighted by Gasteiger charge is 2.22. The Morgan fingerprint density at radius 3 is 2.21 bits per heavy atom. The van der Waals surface area contributed by atoms with Crippen LogP contribution >= 0.6 is 0 Å². The van der Waals surface area contributed by atoms with Crippen molar-refractivity contribution in [3.05, 3.63) is 54.1 Å². The van der Waals surface area contributed by atoms with Crippen molar-refractivity contribution in [3.8, 4) is 0 Å². The van der Waals surface area contributed by atoms with Gasteiger partial charge in [-0.2, -0.15) is 0 Å². The van der Waals surface area contributed by atoms with Gasteiger partial charge in [0.05, 0.1) is 12.7 Å². The number of rotatable bonds is 4. The molecule has 1 heterocycles. The van der Waals surface area contributed by atoms with Crippen molar-refractivity contribution in [2.45, 2.75) is 6.92 Å². The van der Waals surface area contributed by atoms with Crippen molar-refractivity contribution in [1.82, 2.24) is 4.90 Å². The number of urea groups is 1. The number of anilines is 3. The first-order valence-corrected chi connectivity index (χ1v) is 9.33. The first kappa shape index (κ1) is 20.2. The van der Waals surface area contributed by atoms with Gasteiger partial charge in [0.2, 0.25) is 5.91 Å². The lowest BCUT2D eigenvalue weighted by molar-refractivity contribution is -0.114. The first-order chi connectivity index (χ1) is 14.0. The summed E-state index contributed by atoms with van der Waals surface area (Å²) in [5.41, 5.74) is 2.68. The Balaban J connectivity index is 1.57. The molecule has 3 rings (SSSR count). The Kier molecular flexibility index (Phi) is 6.33. The van der Waals surface area contributed by atoms with Gasteiger partial charge in [0.15, 0.2) is 0 Å². The molecular weight excluding hydrogens is 372 g/mol.